The van der Waals surface area contributed by atoms with Crippen LogP contribution in [0, 0.1) is 6.92 Å². The molecule has 25 heavy (non-hydrogen) atoms. The molecule has 0 fully saturated rings. The minimum absolute atomic E-state index is 0.0633. The van der Waals surface area contributed by atoms with Crippen LogP contribution in [0.15, 0.2) is 35.6 Å². The number of H-pyrrole nitrogens is 1. The van der Waals surface area contributed by atoms with Crippen LogP contribution in [0.2, 0.25) is 0 Å². The number of thioether (sulfide) groups is 1. The zero-order valence-corrected chi connectivity index (χ0v) is 15.7. The van der Waals surface area contributed by atoms with Gasteiger partial charge in [0, 0.05) is 6.07 Å². The maximum Gasteiger partial charge on any atom is 0.238 e. The van der Waals surface area contributed by atoms with Crippen molar-refractivity contribution in [1.82, 2.24) is 19.7 Å². The van der Waals surface area contributed by atoms with Crippen LogP contribution in [-0.2, 0) is 4.79 Å². The maximum absolute atomic E-state index is 12.5. The summed E-state index contributed by atoms with van der Waals surface area (Å²) in [5.74, 6) is 0.665. The molecule has 0 saturated heterocycles. The van der Waals surface area contributed by atoms with Gasteiger partial charge in [-0.15, -0.1) is 0 Å². The molecule has 7 heteroatoms. The van der Waals surface area contributed by atoms with E-state index in [0.29, 0.717) is 0 Å². The molecular weight excluding hydrogens is 334 g/mol. The lowest BCUT2D eigenvalue weighted by Crippen LogP contribution is -2.24. The van der Waals surface area contributed by atoms with Crippen molar-refractivity contribution in [3.05, 3.63) is 36.0 Å². The van der Waals surface area contributed by atoms with Gasteiger partial charge in [-0.1, -0.05) is 24.8 Å². The molecule has 0 aliphatic carbocycles. The number of aryl methyl sites for hydroxylation is 1. The normalized spacial score (nSPS) is 13.8. The summed E-state index contributed by atoms with van der Waals surface area (Å²) in [4.78, 5) is 20.3. The smallest absolute Gasteiger partial charge is 0.238 e. The summed E-state index contributed by atoms with van der Waals surface area (Å²) in [6.45, 7) is 8.10. The highest BCUT2D eigenvalue weighted by atomic mass is 32.2. The van der Waals surface area contributed by atoms with Crippen molar-refractivity contribution in [2.75, 3.05) is 5.32 Å². The van der Waals surface area contributed by atoms with Crippen molar-refractivity contribution in [3.63, 3.8) is 0 Å². The molecule has 1 amide bonds. The van der Waals surface area contributed by atoms with Crippen LogP contribution in [0.25, 0.3) is 11.0 Å². The van der Waals surface area contributed by atoms with Gasteiger partial charge in [0.2, 0.25) is 5.91 Å². The molecule has 0 spiro atoms. The Morgan fingerprint density at radius 3 is 2.92 bits per heavy atom. The molecule has 1 aromatic carbocycles. The number of anilines is 1. The first-order chi connectivity index (χ1) is 12.0. The molecule has 0 bridgehead atoms. The Kier molecular flexibility index (Phi) is 5.13. The van der Waals surface area contributed by atoms with E-state index < -0.39 is 0 Å². The number of rotatable bonds is 6. The lowest BCUT2D eigenvalue weighted by atomic mass is 10.2. The Bertz CT molecular complexity index is 885. The van der Waals surface area contributed by atoms with Crippen LogP contribution in [0.4, 0.5) is 5.82 Å². The molecule has 132 valence electrons. The fourth-order valence-electron chi connectivity index (χ4n) is 2.54. The number of carbonyl (C=O) groups is 1. The highest BCUT2D eigenvalue weighted by Crippen LogP contribution is 2.25. The number of imidazole rings is 1. The Morgan fingerprint density at radius 1 is 1.36 bits per heavy atom. The lowest BCUT2D eigenvalue weighted by Gasteiger charge is -2.15. The molecule has 0 unspecified atom stereocenters. The van der Waals surface area contributed by atoms with Gasteiger partial charge in [0.15, 0.2) is 5.16 Å². The summed E-state index contributed by atoms with van der Waals surface area (Å²) in [5, 5.41) is 7.74. The number of aromatic nitrogens is 4. The summed E-state index contributed by atoms with van der Waals surface area (Å²) in [5.41, 5.74) is 3.08. The topological polar surface area (TPSA) is 75.6 Å². The van der Waals surface area contributed by atoms with Crippen molar-refractivity contribution in [1.29, 1.82) is 0 Å². The van der Waals surface area contributed by atoms with Gasteiger partial charge < -0.3 is 10.3 Å². The zero-order valence-electron chi connectivity index (χ0n) is 14.9. The van der Waals surface area contributed by atoms with E-state index in [1.807, 2.05) is 36.7 Å². The molecule has 2 heterocycles. The highest BCUT2D eigenvalue weighted by Gasteiger charge is 2.19. The summed E-state index contributed by atoms with van der Waals surface area (Å²) < 4.78 is 1.85. The molecular formula is C18H23N5OS. The average Bonchev–Trinajstić information content (AvgIpc) is 3.19. The molecule has 0 aliphatic heterocycles. The van der Waals surface area contributed by atoms with Crippen LogP contribution in [0.1, 0.15) is 38.8 Å². The van der Waals surface area contributed by atoms with Crippen LogP contribution < -0.4 is 5.32 Å². The first-order valence-corrected chi connectivity index (χ1v) is 9.33. The first-order valence-electron chi connectivity index (χ1n) is 8.45. The van der Waals surface area contributed by atoms with E-state index in [4.69, 9.17) is 0 Å². The third kappa shape index (κ3) is 3.87. The number of fused-ring (bicyclic) bond motifs is 1. The summed E-state index contributed by atoms with van der Waals surface area (Å²) in [6.07, 6.45) is 2.66. The second kappa shape index (κ2) is 7.31. The SMILES string of the molecule is CC[C@@H](C)n1nccc1NC(=O)[C@@H](C)Sc1nc2ccc(C)cc2[nH]1. The molecule has 2 atom stereocenters. The number of carbonyl (C=O) groups excluding carboxylic acids is 1. The first kappa shape index (κ1) is 17.5. The highest BCUT2D eigenvalue weighted by molar-refractivity contribution is 8.00. The number of amides is 1. The number of nitrogens with one attached hydrogen (secondary N) is 2. The van der Waals surface area contributed by atoms with Crippen LogP contribution in [-0.4, -0.2) is 30.9 Å². The van der Waals surface area contributed by atoms with Gasteiger partial charge in [-0.25, -0.2) is 9.67 Å². The minimum Gasteiger partial charge on any atom is -0.333 e. The van der Waals surface area contributed by atoms with Crippen molar-refractivity contribution in [3.8, 4) is 0 Å². The Morgan fingerprint density at radius 2 is 2.16 bits per heavy atom. The van der Waals surface area contributed by atoms with Gasteiger partial charge in [-0.2, -0.15) is 5.10 Å². The van der Waals surface area contributed by atoms with E-state index in [9.17, 15) is 4.79 Å². The van der Waals surface area contributed by atoms with Gasteiger partial charge in [-0.05, 0) is 44.9 Å². The van der Waals surface area contributed by atoms with E-state index >= 15 is 0 Å². The second-order valence-corrected chi connectivity index (χ2v) is 7.56. The van der Waals surface area contributed by atoms with E-state index in [1.165, 1.54) is 17.3 Å². The van der Waals surface area contributed by atoms with Crippen molar-refractivity contribution < 1.29 is 4.79 Å². The van der Waals surface area contributed by atoms with E-state index in [-0.39, 0.29) is 17.2 Å². The number of nitrogens with zero attached hydrogens (tertiary/aromatic N) is 3. The van der Waals surface area contributed by atoms with E-state index in [2.05, 4.69) is 40.3 Å². The maximum atomic E-state index is 12.5. The number of aromatic amines is 1. The fourth-order valence-corrected chi connectivity index (χ4v) is 3.36. The van der Waals surface area contributed by atoms with Crippen molar-refractivity contribution in [2.24, 2.45) is 0 Å². The van der Waals surface area contributed by atoms with Gasteiger partial charge in [0.05, 0.1) is 28.5 Å². The zero-order chi connectivity index (χ0) is 18.0. The van der Waals surface area contributed by atoms with Crippen LogP contribution >= 0.6 is 11.8 Å². The van der Waals surface area contributed by atoms with Crippen LogP contribution in [0.5, 0.6) is 0 Å². The second-order valence-electron chi connectivity index (χ2n) is 6.23. The third-order valence-electron chi connectivity index (χ3n) is 4.20. The van der Waals surface area contributed by atoms with Gasteiger partial charge in [-0.3, -0.25) is 4.79 Å². The number of hydrogen-bond acceptors (Lipinski definition) is 4. The van der Waals surface area contributed by atoms with Gasteiger partial charge >= 0.3 is 0 Å². The fraction of sp³-hybridized carbons (Fsp3) is 0.389. The van der Waals surface area contributed by atoms with E-state index in [1.54, 1.807) is 6.20 Å². The molecule has 0 aliphatic rings. The van der Waals surface area contributed by atoms with Gasteiger partial charge in [0.25, 0.3) is 0 Å². The standard InChI is InChI=1S/C18H23N5OS/c1-5-12(3)23-16(8-9-19-23)22-17(24)13(4)25-18-20-14-7-6-11(2)10-15(14)21-18/h6-10,12-13H,5H2,1-4H3,(H,20,21)(H,22,24)/t12-,13-/m1/s1. The molecule has 6 nitrogen and oxygen atoms in total. The Hall–Kier alpha value is -2.28. The monoisotopic (exact) mass is 357 g/mol. The molecule has 3 aromatic rings. The van der Waals surface area contributed by atoms with Crippen molar-refractivity contribution in [2.45, 2.75) is 50.6 Å². The number of hydrogen-bond donors (Lipinski definition) is 2. The van der Waals surface area contributed by atoms with Gasteiger partial charge in [0.1, 0.15) is 5.82 Å². The summed E-state index contributed by atoms with van der Waals surface area (Å²) in [7, 11) is 0. The molecule has 0 radical (unpaired) electrons. The number of benzene rings is 1. The largest absolute Gasteiger partial charge is 0.333 e. The molecule has 2 N–H and O–H groups in total. The van der Waals surface area contributed by atoms with Crippen LogP contribution in [0.3, 0.4) is 0 Å². The van der Waals surface area contributed by atoms with E-state index in [0.717, 1.165) is 28.4 Å². The third-order valence-corrected chi connectivity index (χ3v) is 5.19. The predicted octanol–water partition coefficient (Wildman–Crippen LogP) is 4.16. The summed E-state index contributed by atoms with van der Waals surface area (Å²) in [6, 6.07) is 8.14. The quantitative estimate of drug-likeness (QED) is 0.650. The van der Waals surface area contributed by atoms with Crippen molar-refractivity contribution >= 4 is 34.5 Å². The minimum atomic E-state index is -0.276. The predicted molar refractivity (Wildman–Crippen MR) is 102 cm³/mol. The Balaban J connectivity index is 1.69. The molecule has 0 saturated carbocycles. The summed E-state index contributed by atoms with van der Waals surface area (Å²) >= 11 is 1.42. The lowest BCUT2D eigenvalue weighted by molar-refractivity contribution is -0.115. The molecule has 2 aromatic heterocycles. The Labute approximate surface area is 151 Å². The molecule has 3 rings (SSSR count). The average molecular weight is 357 g/mol.